The lowest BCUT2D eigenvalue weighted by atomic mass is 10.0. The van der Waals surface area contributed by atoms with Crippen LogP contribution in [0.4, 0.5) is 0 Å². The highest BCUT2D eigenvalue weighted by Gasteiger charge is 2.19. The summed E-state index contributed by atoms with van der Waals surface area (Å²) in [5.74, 6) is 0. The maximum Gasteiger partial charge on any atom is -0.00236 e. The van der Waals surface area contributed by atoms with Gasteiger partial charge in [-0.05, 0) is 31.1 Å². The van der Waals surface area contributed by atoms with E-state index in [4.69, 9.17) is 0 Å². The predicted molar refractivity (Wildman–Crippen MR) is 73.2 cm³/mol. The van der Waals surface area contributed by atoms with Gasteiger partial charge in [0, 0.05) is 0 Å². The van der Waals surface area contributed by atoms with Gasteiger partial charge >= 0.3 is 0 Å². The molecule has 2 unspecified atom stereocenters. The molecule has 0 radical (unpaired) electrons. The summed E-state index contributed by atoms with van der Waals surface area (Å²) >= 11 is 0. The first kappa shape index (κ1) is 13.0. The van der Waals surface area contributed by atoms with Crippen LogP contribution in [0.15, 0.2) is 23.8 Å². The Hall–Kier alpha value is -0.0900. The Balaban J connectivity index is 2.47. The smallest absolute Gasteiger partial charge is 0.00236 e. The number of hydrogen-bond donors (Lipinski definition) is 0. The van der Waals surface area contributed by atoms with Crippen molar-refractivity contribution in [3.8, 4) is 0 Å². The summed E-state index contributed by atoms with van der Waals surface area (Å²) in [6.07, 6.45) is 11.7. The maximum absolute atomic E-state index is 4.15. The summed E-state index contributed by atoms with van der Waals surface area (Å²) in [5.41, 5.74) is 3.97. The van der Waals surface area contributed by atoms with Gasteiger partial charge in [0.05, 0.1) is 0 Å². The molecule has 1 saturated heterocycles. The third kappa shape index (κ3) is 4.51. The van der Waals surface area contributed by atoms with Crippen molar-refractivity contribution in [2.45, 2.75) is 58.0 Å². The molecule has 0 nitrogen and oxygen atoms in total. The summed E-state index contributed by atoms with van der Waals surface area (Å²) in [6, 6.07) is 0. The lowest BCUT2D eigenvalue weighted by molar-refractivity contribution is 0.721. The largest absolute Gasteiger partial charge is 0.114 e. The summed E-state index contributed by atoms with van der Waals surface area (Å²) in [6.45, 7) is 8.67. The van der Waals surface area contributed by atoms with Crippen molar-refractivity contribution >= 4 is 8.58 Å². The zero-order valence-electron chi connectivity index (χ0n) is 10.3. The van der Waals surface area contributed by atoms with E-state index in [0.717, 1.165) is 5.66 Å². The van der Waals surface area contributed by atoms with Crippen molar-refractivity contribution in [1.29, 1.82) is 0 Å². The molecule has 0 amide bonds. The van der Waals surface area contributed by atoms with E-state index in [0.29, 0.717) is 0 Å². The van der Waals surface area contributed by atoms with Gasteiger partial charge in [-0.2, -0.15) is 0 Å². The molecule has 1 heterocycles. The van der Waals surface area contributed by atoms with Crippen LogP contribution in [-0.2, 0) is 0 Å². The Morgan fingerprint density at radius 2 is 2.27 bits per heavy atom. The molecule has 1 aliphatic rings. The summed E-state index contributed by atoms with van der Waals surface area (Å²) in [7, 11) is 1.18. The highest BCUT2D eigenvalue weighted by molar-refractivity contribution is 7.39. The Kier molecular flexibility index (Phi) is 6.25. The standard InChI is InChI=1S/C14H25P/c1-4-6-8-14-13(9-10-15-14)11-12(3)7-5-2/h11,14-15H,3-10H2,1-2H3/b13-11+. The molecule has 0 spiro atoms. The van der Waals surface area contributed by atoms with Crippen LogP contribution in [0.2, 0.25) is 0 Å². The number of unbranched alkanes of at least 4 members (excludes halogenated alkanes) is 1. The Bertz CT molecular complexity index is 227. The second-order valence-corrected chi connectivity index (χ2v) is 6.13. The minimum atomic E-state index is 0.915. The first-order chi connectivity index (χ1) is 7.27. The van der Waals surface area contributed by atoms with Crippen molar-refractivity contribution in [3.05, 3.63) is 23.8 Å². The maximum atomic E-state index is 4.15. The minimum absolute atomic E-state index is 0.915. The lowest BCUT2D eigenvalue weighted by Crippen LogP contribution is -1.99. The molecule has 0 aliphatic carbocycles. The van der Waals surface area contributed by atoms with Gasteiger partial charge in [-0.15, -0.1) is 8.58 Å². The molecular weight excluding hydrogens is 199 g/mol. The van der Waals surface area contributed by atoms with Crippen LogP contribution in [0.25, 0.3) is 0 Å². The molecule has 1 heteroatoms. The molecule has 0 bridgehead atoms. The van der Waals surface area contributed by atoms with E-state index >= 15 is 0 Å². The predicted octanol–water partition coefficient (Wildman–Crippen LogP) is 4.91. The van der Waals surface area contributed by atoms with Crippen molar-refractivity contribution in [1.82, 2.24) is 0 Å². The van der Waals surface area contributed by atoms with Crippen LogP contribution < -0.4 is 0 Å². The van der Waals surface area contributed by atoms with Crippen LogP contribution in [0.5, 0.6) is 0 Å². The molecule has 0 saturated carbocycles. The van der Waals surface area contributed by atoms with E-state index in [1.54, 1.807) is 5.57 Å². The van der Waals surface area contributed by atoms with Crippen LogP contribution in [0, 0.1) is 0 Å². The summed E-state index contributed by atoms with van der Waals surface area (Å²) in [5, 5.41) is 0. The molecule has 0 N–H and O–H groups in total. The lowest BCUT2D eigenvalue weighted by Gasteiger charge is -2.11. The van der Waals surface area contributed by atoms with Crippen LogP contribution in [0.3, 0.4) is 0 Å². The molecule has 0 aromatic heterocycles. The molecule has 2 atom stereocenters. The molecule has 0 aromatic rings. The van der Waals surface area contributed by atoms with Gasteiger partial charge in [-0.3, -0.25) is 0 Å². The Labute approximate surface area is 97.0 Å². The zero-order valence-corrected chi connectivity index (χ0v) is 11.3. The third-order valence-corrected chi connectivity index (χ3v) is 4.75. The van der Waals surface area contributed by atoms with Crippen molar-refractivity contribution < 1.29 is 0 Å². The molecule has 86 valence electrons. The number of allylic oxidation sites excluding steroid dienone is 3. The molecule has 15 heavy (non-hydrogen) atoms. The number of rotatable bonds is 6. The topological polar surface area (TPSA) is 0 Å². The second kappa shape index (κ2) is 7.23. The first-order valence-corrected chi connectivity index (χ1v) is 7.68. The fraction of sp³-hybridized carbons (Fsp3) is 0.714. The van der Waals surface area contributed by atoms with Crippen LogP contribution >= 0.6 is 8.58 Å². The van der Waals surface area contributed by atoms with E-state index < -0.39 is 0 Å². The van der Waals surface area contributed by atoms with E-state index in [1.807, 2.05) is 0 Å². The normalized spacial score (nSPS) is 25.2. The van der Waals surface area contributed by atoms with Gasteiger partial charge < -0.3 is 0 Å². The van der Waals surface area contributed by atoms with Gasteiger partial charge in [0.15, 0.2) is 0 Å². The fourth-order valence-corrected chi connectivity index (χ4v) is 3.90. The fourth-order valence-electron chi connectivity index (χ4n) is 2.22. The van der Waals surface area contributed by atoms with Gasteiger partial charge in [-0.25, -0.2) is 0 Å². The molecule has 1 fully saturated rings. The molecular formula is C14H25P. The van der Waals surface area contributed by atoms with Gasteiger partial charge in [0.2, 0.25) is 0 Å². The Morgan fingerprint density at radius 3 is 2.93 bits per heavy atom. The molecule has 0 aromatic carbocycles. The average molecular weight is 224 g/mol. The Morgan fingerprint density at radius 1 is 1.47 bits per heavy atom. The third-order valence-electron chi connectivity index (χ3n) is 3.06. The molecule has 1 rings (SSSR count). The average Bonchev–Trinajstić information content (AvgIpc) is 2.63. The molecule has 1 aliphatic heterocycles. The quantitative estimate of drug-likeness (QED) is 0.562. The van der Waals surface area contributed by atoms with Crippen LogP contribution in [0.1, 0.15) is 52.4 Å². The number of hydrogen-bond acceptors (Lipinski definition) is 0. The second-order valence-electron chi connectivity index (χ2n) is 4.53. The highest BCUT2D eigenvalue weighted by Crippen LogP contribution is 2.40. The van der Waals surface area contributed by atoms with Gasteiger partial charge in [-0.1, -0.05) is 56.9 Å². The first-order valence-electron chi connectivity index (χ1n) is 6.39. The van der Waals surface area contributed by atoms with Gasteiger partial charge in [0.1, 0.15) is 0 Å². The summed E-state index contributed by atoms with van der Waals surface area (Å²) < 4.78 is 0. The van der Waals surface area contributed by atoms with Crippen molar-refractivity contribution in [2.24, 2.45) is 0 Å². The monoisotopic (exact) mass is 224 g/mol. The van der Waals surface area contributed by atoms with E-state index in [-0.39, 0.29) is 0 Å². The van der Waals surface area contributed by atoms with Crippen molar-refractivity contribution in [3.63, 3.8) is 0 Å². The van der Waals surface area contributed by atoms with E-state index in [1.165, 1.54) is 58.8 Å². The van der Waals surface area contributed by atoms with E-state index in [9.17, 15) is 0 Å². The minimum Gasteiger partial charge on any atom is -0.114 e. The van der Waals surface area contributed by atoms with Crippen LogP contribution in [-0.4, -0.2) is 11.8 Å². The van der Waals surface area contributed by atoms with Crippen molar-refractivity contribution in [2.75, 3.05) is 6.16 Å². The SMILES string of the molecule is C=C(/C=C1\CCPC1CCCC)CCC. The summed E-state index contributed by atoms with van der Waals surface area (Å²) in [4.78, 5) is 0. The van der Waals surface area contributed by atoms with E-state index in [2.05, 4.69) is 26.5 Å². The highest BCUT2D eigenvalue weighted by atomic mass is 31.1. The van der Waals surface area contributed by atoms with Gasteiger partial charge in [0.25, 0.3) is 0 Å². The zero-order chi connectivity index (χ0) is 11.1.